The van der Waals surface area contributed by atoms with E-state index in [9.17, 15) is 9.59 Å². The van der Waals surface area contributed by atoms with Gasteiger partial charge in [0.05, 0.1) is 6.42 Å². The highest BCUT2D eigenvalue weighted by atomic mass is 16.5. The monoisotopic (exact) mass is 290 g/mol. The van der Waals surface area contributed by atoms with Crippen molar-refractivity contribution in [3.05, 3.63) is 29.8 Å². The molecule has 2 N–H and O–H groups in total. The molecule has 1 aliphatic heterocycles. The molecule has 0 aliphatic carbocycles. The van der Waals surface area contributed by atoms with E-state index in [-0.39, 0.29) is 24.9 Å². The third-order valence-electron chi connectivity index (χ3n) is 3.64. The lowest BCUT2D eigenvalue weighted by molar-refractivity contribution is -0.151. The number of amides is 1. The van der Waals surface area contributed by atoms with Crippen LogP contribution in [0.1, 0.15) is 31.2 Å². The van der Waals surface area contributed by atoms with Crippen molar-refractivity contribution in [3.63, 3.8) is 0 Å². The minimum absolute atomic E-state index is 0.0949. The lowest BCUT2D eigenvalue weighted by Gasteiger charge is -2.19. The number of likely N-dealkylation sites (tertiary alicyclic amines) is 1. The summed E-state index contributed by atoms with van der Waals surface area (Å²) in [5.74, 6) is -0.481. The first-order valence-corrected chi connectivity index (χ1v) is 7.43. The van der Waals surface area contributed by atoms with Crippen LogP contribution in [-0.2, 0) is 20.7 Å². The first-order chi connectivity index (χ1) is 10.1. The second kappa shape index (κ2) is 7.67. The summed E-state index contributed by atoms with van der Waals surface area (Å²) in [5.41, 5.74) is 7.07. The smallest absolute Gasteiger partial charge is 0.310 e. The van der Waals surface area contributed by atoms with E-state index in [1.54, 1.807) is 29.2 Å². The molecule has 1 aromatic carbocycles. The number of rotatable bonds is 4. The molecule has 1 aromatic rings. The molecular weight excluding hydrogens is 268 g/mol. The summed E-state index contributed by atoms with van der Waals surface area (Å²) in [7, 11) is 0. The first kappa shape index (κ1) is 15.4. The zero-order valence-electron chi connectivity index (χ0n) is 12.2. The Balaban J connectivity index is 1.75. The lowest BCUT2D eigenvalue weighted by atomic mass is 10.1. The van der Waals surface area contributed by atoms with Gasteiger partial charge in [0.15, 0.2) is 6.61 Å². The summed E-state index contributed by atoms with van der Waals surface area (Å²) < 4.78 is 5.07. The average Bonchev–Trinajstić information content (AvgIpc) is 2.76. The fourth-order valence-corrected chi connectivity index (χ4v) is 2.41. The molecule has 1 heterocycles. The van der Waals surface area contributed by atoms with E-state index in [4.69, 9.17) is 10.5 Å². The van der Waals surface area contributed by atoms with E-state index in [0.29, 0.717) is 5.69 Å². The summed E-state index contributed by atoms with van der Waals surface area (Å²) in [6, 6.07) is 7.05. The summed E-state index contributed by atoms with van der Waals surface area (Å²) in [5, 5.41) is 0. The van der Waals surface area contributed by atoms with Crippen LogP contribution in [0.3, 0.4) is 0 Å². The standard InChI is InChI=1S/C16H22N2O3/c17-14-7-5-13(6-8-14)11-16(20)21-12-15(19)18-9-3-1-2-4-10-18/h5-8H,1-4,9-12,17H2. The second-order valence-corrected chi connectivity index (χ2v) is 5.37. The molecule has 5 nitrogen and oxygen atoms in total. The summed E-state index contributed by atoms with van der Waals surface area (Å²) in [6.45, 7) is 1.39. The van der Waals surface area contributed by atoms with Crippen LogP contribution < -0.4 is 5.73 Å². The molecule has 5 heteroatoms. The van der Waals surface area contributed by atoms with Crippen molar-refractivity contribution in [1.82, 2.24) is 4.90 Å². The number of ether oxygens (including phenoxy) is 1. The minimum atomic E-state index is -0.386. The SMILES string of the molecule is Nc1ccc(CC(=O)OCC(=O)N2CCCCCC2)cc1. The number of hydrogen-bond donors (Lipinski definition) is 1. The number of carbonyl (C=O) groups excluding carboxylic acids is 2. The van der Waals surface area contributed by atoms with Gasteiger partial charge in [-0.3, -0.25) is 9.59 Å². The Morgan fingerprint density at radius 2 is 1.67 bits per heavy atom. The van der Waals surface area contributed by atoms with E-state index in [1.807, 2.05) is 0 Å². The first-order valence-electron chi connectivity index (χ1n) is 7.43. The number of nitrogens with two attached hydrogens (primary N) is 1. The zero-order valence-corrected chi connectivity index (χ0v) is 12.2. The van der Waals surface area contributed by atoms with Crippen molar-refractivity contribution in [2.45, 2.75) is 32.1 Å². The van der Waals surface area contributed by atoms with Gasteiger partial charge in [0, 0.05) is 18.8 Å². The maximum atomic E-state index is 12.0. The van der Waals surface area contributed by atoms with Crippen molar-refractivity contribution < 1.29 is 14.3 Å². The van der Waals surface area contributed by atoms with Crippen LogP contribution in [0.15, 0.2) is 24.3 Å². The Morgan fingerprint density at radius 1 is 1.05 bits per heavy atom. The van der Waals surface area contributed by atoms with Crippen LogP contribution in [0.5, 0.6) is 0 Å². The van der Waals surface area contributed by atoms with Gasteiger partial charge in [0.25, 0.3) is 5.91 Å². The highest BCUT2D eigenvalue weighted by Crippen LogP contribution is 2.10. The Kier molecular flexibility index (Phi) is 5.60. The third kappa shape index (κ3) is 5.10. The quantitative estimate of drug-likeness (QED) is 0.677. The van der Waals surface area contributed by atoms with Crippen molar-refractivity contribution in [1.29, 1.82) is 0 Å². The van der Waals surface area contributed by atoms with Crippen molar-refractivity contribution >= 4 is 17.6 Å². The Hall–Kier alpha value is -2.04. The van der Waals surface area contributed by atoms with Crippen molar-refractivity contribution in [2.24, 2.45) is 0 Å². The number of esters is 1. The van der Waals surface area contributed by atoms with E-state index in [2.05, 4.69) is 0 Å². The van der Waals surface area contributed by atoms with Crippen LogP contribution in [-0.4, -0.2) is 36.5 Å². The van der Waals surface area contributed by atoms with Crippen LogP contribution in [0.25, 0.3) is 0 Å². The Morgan fingerprint density at radius 3 is 2.29 bits per heavy atom. The predicted octanol–water partition coefficient (Wildman–Crippen LogP) is 1.76. The molecule has 1 amide bonds. The van der Waals surface area contributed by atoms with Crippen molar-refractivity contribution in [3.8, 4) is 0 Å². The molecule has 21 heavy (non-hydrogen) atoms. The van der Waals surface area contributed by atoms with Gasteiger partial charge in [0.1, 0.15) is 0 Å². The van der Waals surface area contributed by atoms with Gasteiger partial charge in [0.2, 0.25) is 0 Å². The van der Waals surface area contributed by atoms with Crippen LogP contribution in [0.2, 0.25) is 0 Å². The van der Waals surface area contributed by atoms with Gasteiger partial charge in [-0.1, -0.05) is 25.0 Å². The molecule has 114 valence electrons. The molecule has 0 radical (unpaired) electrons. The number of hydrogen-bond acceptors (Lipinski definition) is 4. The maximum Gasteiger partial charge on any atom is 0.310 e. The van der Waals surface area contributed by atoms with Gasteiger partial charge in [-0.2, -0.15) is 0 Å². The molecule has 0 unspecified atom stereocenters. The summed E-state index contributed by atoms with van der Waals surface area (Å²) in [4.78, 5) is 25.5. The fraction of sp³-hybridized carbons (Fsp3) is 0.500. The average molecular weight is 290 g/mol. The molecule has 0 bridgehead atoms. The maximum absolute atomic E-state index is 12.0. The molecule has 2 rings (SSSR count). The molecule has 1 aliphatic rings. The van der Waals surface area contributed by atoms with E-state index < -0.39 is 0 Å². The summed E-state index contributed by atoms with van der Waals surface area (Å²) in [6.07, 6.45) is 4.56. The normalized spacial score (nSPS) is 15.3. The van der Waals surface area contributed by atoms with Gasteiger partial charge < -0.3 is 15.4 Å². The molecule has 0 aromatic heterocycles. The zero-order chi connectivity index (χ0) is 15.1. The third-order valence-corrected chi connectivity index (χ3v) is 3.64. The minimum Gasteiger partial charge on any atom is -0.455 e. The second-order valence-electron chi connectivity index (χ2n) is 5.37. The predicted molar refractivity (Wildman–Crippen MR) is 80.6 cm³/mol. The fourth-order valence-electron chi connectivity index (χ4n) is 2.41. The Bertz CT molecular complexity index is 477. The topological polar surface area (TPSA) is 72.6 Å². The molecular formula is C16H22N2O3. The largest absolute Gasteiger partial charge is 0.455 e. The van der Waals surface area contributed by atoms with Gasteiger partial charge in [-0.05, 0) is 30.5 Å². The number of nitrogen functional groups attached to an aromatic ring is 1. The number of nitrogens with zero attached hydrogens (tertiary/aromatic N) is 1. The van der Waals surface area contributed by atoms with Gasteiger partial charge >= 0.3 is 5.97 Å². The van der Waals surface area contributed by atoms with Crippen LogP contribution in [0.4, 0.5) is 5.69 Å². The van der Waals surface area contributed by atoms with E-state index in [0.717, 1.165) is 31.5 Å². The highest BCUT2D eigenvalue weighted by Gasteiger charge is 2.17. The van der Waals surface area contributed by atoms with Crippen molar-refractivity contribution in [2.75, 3.05) is 25.4 Å². The molecule has 0 saturated carbocycles. The number of benzene rings is 1. The Labute approximate surface area is 125 Å². The van der Waals surface area contributed by atoms with E-state index in [1.165, 1.54) is 12.8 Å². The van der Waals surface area contributed by atoms with Crippen LogP contribution in [0, 0.1) is 0 Å². The van der Waals surface area contributed by atoms with Crippen LogP contribution >= 0.6 is 0 Å². The highest BCUT2D eigenvalue weighted by molar-refractivity contribution is 5.81. The molecule has 0 spiro atoms. The molecule has 1 fully saturated rings. The van der Waals surface area contributed by atoms with E-state index >= 15 is 0 Å². The van der Waals surface area contributed by atoms with Gasteiger partial charge in [-0.15, -0.1) is 0 Å². The van der Waals surface area contributed by atoms with Gasteiger partial charge in [-0.25, -0.2) is 0 Å². The summed E-state index contributed by atoms with van der Waals surface area (Å²) >= 11 is 0. The lowest BCUT2D eigenvalue weighted by Crippen LogP contribution is -2.35. The number of carbonyl (C=O) groups is 2. The molecule has 0 atom stereocenters. The molecule has 1 saturated heterocycles. The number of anilines is 1.